The van der Waals surface area contributed by atoms with Crippen LogP contribution in [0, 0.1) is 5.92 Å². The van der Waals surface area contributed by atoms with Crippen molar-refractivity contribution in [2.75, 3.05) is 37.4 Å². The van der Waals surface area contributed by atoms with E-state index in [4.69, 9.17) is 0 Å². The smallest absolute Gasteiger partial charge is 0.411 e. The molecular formula is C18H28N4O3. The molecule has 7 heteroatoms. The lowest BCUT2D eigenvalue weighted by molar-refractivity contribution is 0.146. The van der Waals surface area contributed by atoms with Crippen molar-refractivity contribution >= 4 is 23.5 Å². The molecule has 2 rings (SSSR count). The number of hydrogen-bond donors (Lipinski definition) is 3. The third-order valence-electron chi connectivity index (χ3n) is 4.55. The van der Waals surface area contributed by atoms with Crippen molar-refractivity contribution in [3.05, 3.63) is 24.3 Å². The summed E-state index contributed by atoms with van der Waals surface area (Å²) in [6.07, 6.45) is 1.89. The quantitative estimate of drug-likeness (QED) is 0.763. The van der Waals surface area contributed by atoms with Crippen LogP contribution >= 0.6 is 0 Å². The van der Waals surface area contributed by atoms with Gasteiger partial charge in [0, 0.05) is 24.0 Å². The Hall–Kier alpha value is -2.28. The number of nitrogens with zero attached hydrogens (tertiary/aromatic N) is 1. The number of amides is 3. The zero-order valence-electron chi connectivity index (χ0n) is 15.2. The topological polar surface area (TPSA) is 82.7 Å². The summed E-state index contributed by atoms with van der Waals surface area (Å²) in [7, 11) is 1.30. The standard InChI is InChI=1S/C18H28N4O3/c1-13-7-9-22(10-8-13)14(2)12-19-17(23)20-15-5-4-6-16(11-15)21-18(24)25-3/h4-6,11,13-14H,7-10,12H2,1-3H3,(H,21,24)(H2,19,20,23)/t14-/m1/s1. The molecule has 3 amide bonds. The molecule has 1 saturated heterocycles. The van der Waals surface area contributed by atoms with Crippen LogP contribution < -0.4 is 16.0 Å². The third kappa shape index (κ3) is 6.26. The van der Waals surface area contributed by atoms with Gasteiger partial charge in [0.05, 0.1) is 7.11 Å². The molecular weight excluding hydrogens is 320 g/mol. The van der Waals surface area contributed by atoms with Gasteiger partial charge in [-0.2, -0.15) is 0 Å². The minimum absolute atomic E-state index is 0.257. The molecule has 3 N–H and O–H groups in total. The van der Waals surface area contributed by atoms with Crippen LogP contribution in [0.4, 0.5) is 21.0 Å². The Morgan fingerprint density at radius 1 is 1.24 bits per heavy atom. The number of nitrogens with one attached hydrogen (secondary N) is 3. The lowest BCUT2D eigenvalue weighted by atomic mass is 9.98. The summed E-state index contributed by atoms with van der Waals surface area (Å²) in [6.45, 7) is 7.20. The van der Waals surface area contributed by atoms with Crippen molar-refractivity contribution in [1.29, 1.82) is 0 Å². The van der Waals surface area contributed by atoms with E-state index in [1.807, 2.05) is 0 Å². The highest BCUT2D eigenvalue weighted by Crippen LogP contribution is 2.18. The van der Waals surface area contributed by atoms with E-state index in [0.29, 0.717) is 24.0 Å². The van der Waals surface area contributed by atoms with Crippen molar-refractivity contribution in [2.24, 2.45) is 5.92 Å². The van der Waals surface area contributed by atoms with Gasteiger partial charge in [0.2, 0.25) is 0 Å². The number of rotatable bonds is 5. The first-order valence-electron chi connectivity index (χ1n) is 8.72. The third-order valence-corrected chi connectivity index (χ3v) is 4.55. The zero-order chi connectivity index (χ0) is 18.2. The molecule has 1 atom stereocenters. The van der Waals surface area contributed by atoms with Gasteiger partial charge in [-0.25, -0.2) is 9.59 Å². The van der Waals surface area contributed by atoms with E-state index in [9.17, 15) is 9.59 Å². The highest BCUT2D eigenvalue weighted by Gasteiger charge is 2.20. The first-order chi connectivity index (χ1) is 12.0. The maximum Gasteiger partial charge on any atom is 0.411 e. The van der Waals surface area contributed by atoms with Crippen LogP contribution in [0.1, 0.15) is 26.7 Å². The number of anilines is 2. The molecule has 0 aliphatic carbocycles. The van der Waals surface area contributed by atoms with E-state index in [2.05, 4.69) is 39.4 Å². The number of urea groups is 1. The minimum atomic E-state index is -0.550. The summed E-state index contributed by atoms with van der Waals surface area (Å²) in [5.74, 6) is 0.797. The number of carbonyl (C=O) groups is 2. The second-order valence-corrected chi connectivity index (χ2v) is 6.60. The predicted molar refractivity (Wildman–Crippen MR) is 98.9 cm³/mol. The van der Waals surface area contributed by atoms with E-state index >= 15 is 0 Å². The monoisotopic (exact) mass is 348 g/mol. The van der Waals surface area contributed by atoms with Crippen molar-refractivity contribution in [3.8, 4) is 0 Å². The maximum absolute atomic E-state index is 12.1. The lowest BCUT2D eigenvalue weighted by Crippen LogP contribution is -2.46. The summed E-state index contributed by atoms with van der Waals surface area (Å²) in [6, 6.07) is 6.96. The molecule has 1 heterocycles. The van der Waals surface area contributed by atoms with Gasteiger partial charge in [-0.15, -0.1) is 0 Å². The van der Waals surface area contributed by atoms with E-state index in [1.165, 1.54) is 20.0 Å². The fraction of sp³-hybridized carbons (Fsp3) is 0.556. The zero-order valence-corrected chi connectivity index (χ0v) is 15.2. The van der Waals surface area contributed by atoms with Gasteiger partial charge in [0.15, 0.2) is 0 Å². The van der Waals surface area contributed by atoms with Crippen LogP contribution in [0.5, 0.6) is 0 Å². The van der Waals surface area contributed by atoms with Crippen LogP contribution in [0.15, 0.2) is 24.3 Å². The SMILES string of the molecule is COC(=O)Nc1cccc(NC(=O)NC[C@@H](C)N2CCC(C)CC2)c1. The predicted octanol–water partition coefficient (Wildman–Crippen LogP) is 3.11. The molecule has 1 aromatic rings. The summed E-state index contributed by atoms with van der Waals surface area (Å²) in [4.78, 5) is 25.7. The molecule has 0 saturated carbocycles. The molecule has 0 aromatic heterocycles. The molecule has 1 aliphatic rings. The average molecular weight is 348 g/mol. The number of carbonyl (C=O) groups excluding carboxylic acids is 2. The van der Waals surface area contributed by atoms with E-state index in [1.54, 1.807) is 24.3 Å². The second-order valence-electron chi connectivity index (χ2n) is 6.60. The van der Waals surface area contributed by atoms with E-state index in [0.717, 1.165) is 19.0 Å². The van der Waals surface area contributed by atoms with Gasteiger partial charge in [-0.05, 0) is 57.0 Å². The molecule has 138 valence electrons. The Morgan fingerprint density at radius 3 is 2.52 bits per heavy atom. The highest BCUT2D eigenvalue weighted by atomic mass is 16.5. The number of piperidine rings is 1. The Balaban J connectivity index is 1.78. The average Bonchev–Trinajstić information content (AvgIpc) is 2.60. The summed E-state index contributed by atoms with van der Waals surface area (Å²) in [5.41, 5.74) is 1.16. The van der Waals surface area contributed by atoms with Crippen molar-refractivity contribution in [3.63, 3.8) is 0 Å². The lowest BCUT2D eigenvalue weighted by Gasteiger charge is -2.34. The second kappa shape index (κ2) is 9.27. The van der Waals surface area contributed by atoms with Gasteiger partial charge in [0.1, 0.15) is 0 Å². The van der Waals surface area contributed by atoms with Gasteiger partial charge in [-0.1, -0.05) is 13.0 Å². The van der Waals surface area contributed by atoms with Crippen molar-refractivity contribution < 1.29 is 14.3 Å². The molecule has 1 aliphatic heterocycles. The number of benzene rings is 1. The fourth-order valence-electron chi connectivity index (χ4n) is 2.86. The van der Waals surface area contributed by atoms with Crippen LogP contribution in [-0.4, -0.2) is 49.8 Å². The Labute approximate surface area is 149 Å². The summed E-state index contributed by atoms with van der Waals surface area (Å²) in [5, 5.41) is 8.25. The largest absolute Gasteiger partial charge is 0.453 e. The van der Waals surface area contributed by atoms with E-state index in [-0.39, 0.29) is 6.03 Å². The molecule has 0 unspecified atom stereocenters. The number of ether oxygens (including phenoxy) is 1. The van der Waals surface area contributed by atoms with Crippen molar-refractivity contribution in [2.45, 2.75) is 32.7 Å². The minimum Gasteiger partial charge on any atom is -0.453 e. The Morgan fingerprint density at radius 2 is 1.88 bits per heavy atom. The fourth-order valence-corrected chi connectivity index (χ4v) is 2.86. The first-order valence-corrected chi connectivity index (χ1v) is 8.72. The van der Waals surface area contributed by atoms with Crippen LogP contribution in [-0.2, 0) is 4.74 Å². The van der Waals surface area contributed by atoms with Gasteiger partial charge >= 0.3 is 12.1 Å². The molecule has 0 spiro atoms. The molecule has 25 heavy (non-hydrogen) atoms. The van der Waals surface area contributed by atoms with Crippen LogP contribution in [0.2, 0.25) is 0 Å². The first kappa shape index (κ1) is 19.1. The molecule has 0 radical (unpaired) electrons. The Kier molecular flexibility index (Phi) is 7.06. The molecule has 0 bridgehead atoms. The van der Waals surface area contributed by atoms with Crippen LogP contribution in [0.25, 0.3) is 0 Å². The van der Waals surface area contributed by atoms with E-state index < -0.39 is 6.09 Å². The normalized spacial score (nSPS) is 16.8. The van der Waals surface area contributed by atoms with Crippen LogP contribution in [0.3, 0.4) is 0 Å². The summed E-state index contributed by atoms with van der Waals surface area (Å²) < 4.78 is 4.55. The van der Waals surface area contributed by atoms with Gasteiger partial charge in [0.25, 0.3) is 0 Å². The van der Waals surface area contributed by atoms with Gasteiger partial charge < -0.3 is 15.4 Å². The van der Waals surface area contributed by atoms with Gasteiger partial charge in [-0.3, -0.25) is 10.2 Å². The molecule has 1 fully saturated rings. The van der Waals surface area contributed by atoms with Crippen molar-refractivity contribution in [1.82, 2.24) is 10.2 Å². The number of hydrogen-bond acceptors (Lipinski definition) is 4. The molecule has 7 nitrogen and oxygen atoms in total. The Bertz CT molecular complexity index is 585. The highest BCUT2D eigenvalue weighted by molar-refractivity contribution is 5.91. The molecule has 1 aromatic carbocycles. The maximum atomic E-state index is 12.1. The summed E-state index contributed by atoms with van der Waals surface area (Å²) >= 11 is 0. The number of methoxy groups -OCH3 is 1. The number of likely N-dealkylation sites (tertiary alicyclic amines) is 1.